The second-order valence-corrected chi connectivity index (χ2v) is 9.34. The van der Waals surface area contributed by atoms with Crippen LogP contribution in [0.3, 0.4) is 0 Å². The van der Waals surface area contributed by atoms with Crippen LogP contribution in [0.5, 0.6) is 5.75 Å². The lowest BCUT2D eigenvalue weighted by atomic mass is 9.92. The van der Waals surface area contributed by atoms with Gasteiger partial charge in [-0.05, 0) is 50.7 Å². The number of aryl methyl sites for hydroxylation is 1. The molecule has 0 saturated carbocycles. The molecule has 0 radical (unpaired) electrons. The zero-order chi connectivity index (χ0) is 27.1. The fraction of sp³-hybridized carbons (Fsp3) is 0.407. The average Bonchev–Trinajstić information content (AvgIpc) is 3.33. The second-order valence-electron chi connectivity index (χ2n) is 9.34. The summed E-state index contributed by atoms with van der Waals surface area (Å²) >= 11 is 0. The summed E-state index contributed by atoms with van der Waals surface area (Å²) in [5.74, 6) is -0.806. The zero-order valence-electron chi connectivity index (χ0n) is 21.2. The van der Waals surface area contributed by atoms with Crippen molar-refractivity contribution >= 4 is 17.8 Å². The van der Waals surface area contributed by atoms with Gasteiger partial charge < -0.3 is 25.1 Å². The number of nitrogens with one attached hydrogen (secondary N) is 1. The molecule has 11 heteroatoms. The highest BCUT2D eigenvalue weighted by atomic mass is 19.1. The quantitative estimate of drug-likeness (QED) is 0.361. The zero-order valence-corrected chi connectivity index (χ0v) is 21.2. The van der Waals surface area contributed by atoms with Gasteiger partial charge >= 0.3 is 0 Å². The second kappa shape index (κ2) is 12.5. The molecule has 1 fully saturated rings. The summed E-state index contributed by atoms with van der Waals surface area (Å²) in [4.78, 5) is 33.9. The lowest BCUT2D eigenvalue weighted by molar-refractivity contribution is -0.117. The standard InChI is InChI=1S/C27H31F2N5O4/c1-17-4-5-23(38-17)19-15-32-27(33-16-19)34-10-7-18(8-11-34)3-2-12-37-20-13-21(28)25(22(29)14-20)26(36)31-9-6-24(30)35/h4-5,13-16,18H,2-3,6-12H2,1H3,(H2,30,35)(H,31,36). The van der Waals surface area contributed by atoms with Gasteiger partial charge in [0.2, 0.25) is 11.9 Å². The number of nitrogens with two attached hydrogens (primary N) is 1. The number of hydrogen-bond donors (Lipinski definition) is 2. The lowest BCUT2D eigenvalue weighted by Gasteiger charge is -2.32. The van der Waals surface area contributed by atoms with E-state index in [2.05, 4.69) is 20.2 Å². The summed E-state index contributed by atoms with van der Waals surface area (Å²) in [6, 6.07) is 5.79. The smallest absolute Gasteiger partial charge is 0.257 e. The fourth-order valence-electron chi connectivity index (χ4n) is 4.42. The maximum atomic E-state index is 14.3. The largest absolute Gasteiger partial charge is 0.493 e. The highest BCUT2D eigenvalue weighted by Crippen LogP contribution is 2.27. The molecule has 0 aliphatic carbocycles. The predicted octanol–water partition coefficient (Wildman–Crippen LogP) is 4.00. The van der Waals surface area contributed by atoms with Gasteiger partial charge in [-0.25, -0.2) is 18.7 Å². The van der Waals surface area contributed by atoms with Crippen molar-refractivity contribution < 1.29 is 27.5 Å². The number of ether oxygens (including phenoxy) is 1. The van der Waals surface area contributed by atoms with Crippen molar-refractivity contribution in [2.45, 2.75) is 39.0 Å². The number of nitrogens with zero attached hydrogens (tertiary/aromatic N) is 3. The molecule has 0 spiro atoms. The van der Waals surface area contributed by atoms with E-state index in [1.807, 2.05) is 19.1 Å². The van der Waals surface area contributed by atoms with Crippen LogP contribution in [-0.2, 0) is 4.79 Å². The van der Waals surface area contributed by atoms with Crippen LogP contribution < -0.4 is 20.7 Å². The SMILES string of the molecule is Cc1ccc(-c2cnc(N3CCC(CCCOc4cc(F)c(C(=O)NCCC(N)=O)c(F)c4)CC3)nc2)o1. The molecule has 0 atom stereocenters. The van der Waals surface area contributed by atoms with E-state index in [1.165, 1.54) is 0 Å². The van der Waals surface area contributed by atoms with Gasteiger partial charge in [0, 0.05) is 50.6 Å². The van der Waals surface area contributed by atoms with Crippen molar-refractivity contribution in [1.82, 2.24) is 15.3 Å². The van der Waals surface area contributed by atoms with Crippen molar-refractivity contribution in [1.29, 1.82) is 0 Å². The first-order chi connectivity index (χ1) is 18.3. The Morgan fingerprint density at radius 2 is 1.84 bits per heavy atom. The highest BCUT2D eigenvalue weighted by molar-refractivity contribution is 5.95. The Hall–Kier alpha value is -4.02. The van der Waals surface area contributed by atoms with Crippen LogP contribution in [-0.4, -0.2) is 48.0 Å². The third-order valence-corrected chi connectivity index (χ3v) is 6.49. The number of furan rings is 1. The molecule has 1 aliphatic rings. The van der Waals surface area contributed by atoms with Crippen LogP contribution in [0, 0.1) is 24.5 Å². The number of piperidine rings is 1. The topological polar surface area (TPSA) is 124 Å². The molecular weight excluding hydrogens is 496 g/mol. The Morgan fingerprint density at radius 3 is 2.45 bits per heavy atom. The molecule has 38 heavy (non-hydrogen) atoms. The van der Waals surface area contributed by atoms with Gasteiger partial charge in [-0.1, -0.05) is 0 Å². The van der Waals surface area contributed by atoms with Crippen LogP contribution in [0.15, 0.2) is 41.1 Å². The monoisotopic (exact) mass is 527 g/mol. The molecule has 1 aliphatic heterocycles. The third-order valence-electron chi connectivity index (χ3n) is 6.49. The Bertz CT molecular complexity index is 1230. The number of benzene rings is 1. The number of rotatable bonds is 11. The third kappa shape index (κ3) is 7.05. The van der Waals surface area contributed by atoms with Gasteiger partial charge in [0.1, 0.15) is 34.5 Å². The van der Waals surface area contributed by atoms with Crippen LogP contribution in [0.25, 0.3) is 11.3 Å². The van der Waals surface area contributed by atoms with Gasteiger partial charge in [-0.3, -0.25) is 9.59 Å². The number of aromatic nitrogens is 2. The Kier molecular flexibility index (Phi) is 8.88. The Labute approximate surface area is 219 Å². The number of carbonyl (C=O) groups excluding carboxylic acids is 2. The van der Waals surface area contributed by atoms with E-state index in [-0.39, 0.29) is 18.7 Å². The van der Waals surface area contributed by atoms with Crippen LogP contribution >= 0.6 is 0 Å². The van der Waals surface area contributed by atoms with E-state index in [4.69, 9.17) is 14.9 Å². The molecule has 2 amide bonds. The molecule has 4 rings (SSSR count). The van der Waals surface area contributed by atoms with Gasteiger partial charge in [0.25, 0.3) is 5.91 Å². The van der Waals surface area contributed by atoms with Gasteiger partial charge in [-0.2, -0.15) is 0 Å². The van der Waals surface area contributed by atoms with Gasteiger partial charge in [-0.15, -0.1) is 0 Å². The summed E-state index contributed by atoms with van der Waals surface area (Å²) in [5, 5.41) is 2.27. The number of anilines is 1. The van der Waals surface area contributed by atoms with Crippen LogP contribution in [0.2, 0.25) is 0 Å². The average molecular weight is 528 g/mol. The maximum absolute atomic E-state index is 14.3. The summed E-state index contributed by atoms with van der Waals surface area (Å²) in [7, 11) is 0. The van der Waals surface area contributed by atoms with E-state index in [0.29, 0.717) is 18.5 Å². The van der Waals surface area contributed by atoms with Crippen molar-refractivity contribution in [3.05, 3.63) is 59.6 Å². The molecule has 0 unspecified atom stereocenters. The molecular formula is C27H31F2N5O4. The van der Waals surface area contributed by atoms with Crippen molar-refractivity contribution in [3.63, 3.8) is 0 Å². The van der Waals surface area contributed by atoms with E-state index in [0.717, 1.165) is 68.0 Å². The fourth-order valence-corrected chi connectivity index (χ4v) is 4.42. The molecule has 3 aromatic rings. The van der Waals surface area contributed by atoms with Gasteiger partial charge in [0.05, 0.1) is 12.2 Å². The molecule has 202 valence electrons. The highest BCUT2D eigenvalue weighted by Gasteiger charge is 2.22. The summed E-state index contributed by atoms with van der Waals surface area (Å²) < 4.78 is 39.8. The van der Waals surface area contributed by atoms with Crippen molar-refractivity contribution in [2.75, 3.05) is 31.1 Å². The lowest BCUT2D eigenvalue weighted by Crippen LogP contribution is -2.34. The number of hydrogen-bond acceptors (Lipinski definition) is 7. The van der Waals surface area contributed by atoms with Crippen LogP contribution in [0.1, 0.15) is 48.2 Å². The summed E-state index contributed by atoms with van der Waals surface area (Å²) in [6.07, 6.45) is 7.07. The number of primary amides is 1. The van der Waals surface area contributed by atoms with Gasteiger partial charge in [0.15, 0.2) is 0 Å². The number of carbonyl (C=O) groups is 2. The first kappa shape index (κ1) is 27.0. The summed E-state index contributed by atoms with van der Waals surface area (Å²) in [6.45, 7) is 3.80. The minimum atomic E-state index is -1.03. The Morgan fingerprint density at radius 1 is 1.16 bits per heavy atom. The molecule has 2 aromatic heterocycles. The maximum Gasteiger partial charge on any atom is 0.257 e. The first-order valence-corrected chi connectivity index (χ1v) is 12.6. The normalized spacial score (nSPS) is 13.9. The van der Waals surface area contributed by atoms with E-state index >= 15 is 0 Å². The molecule has 0 bridgehead atoms. The Balaban J connectivity index is 1.18. The number of amides is 2. The summed E-state index contributed by atoms with van der Waals surface area (Å²) in [5.41, 5.74) is 5.11. The first-order valence-electron chi connectivity index (χ1n) is 12.6. The predicted molar refractivity (Wildman–Crippen MR) is 137 cm³/mol. The molecule has 3 heterocycles. The van der Waals surface area contributed by atoms with E-state index in [1.54, 1.807) is 12.4 Å². The molecule has 9 nitrogen and oxygen atoms in total. The van der Waals surface area contributed by atoms with Crippen LogP contribution in [0.4, 0.5) is 14.7 Å². The minimum absolute atomic E-state index is 0.0220. The molecule has 1 saturated heterocycles. The van der Waals surface area contributed by atoms with E-state index < -0.39 is 29.0 Å². The number of halogens is 2. The van der Waals surface area contributed by atoms with E-state index in [9.17, 15) is 18.4 Å². The molecule has 1 aromatic carbocycles. The van der Waals surface area contributed by atoms with Crippen molar-refractivity contribution in [2.24, 2.45) is 11.7 Å². The minimum Gasteiger partial charge on any atom is -0.493 e. The van der Waals surface area contributed by atoms with Crippen molar-refractivity contribution in [3.8, 4) is 17.1 Å². The molecule has 3 N–H and O–H groups in total.